The number of nitrogens with two attached hydrogens (primary N) is 1. The molecular formula is C14H20N2OS. The van der Waals surface area contributed by atoms with Gasteiger partial charge in [-0.1, -0.05) is 32.6 Å². The van der Waals surface area contributed by atoms with Crippen LogP contribution in [0.25, 0.3) is 0 Å². The Hall–Kier alpha value is -1.31. The number of hydrogen-bond acceptors (Lipinski definition) is 3. The van der Waals surface area contributed by atoms with E-state index in [1.807, 2.05) is 11.4 Å². The van der Waals surface area contributed by atoms with Crippen LogP contribution in [0.5, 0.6) is 0 Å². The molecule has 1 amide bonds. The Balaban J connectivity index is 2.65. The molecule has 1 aromatic rings. The monoisotopic (exact) mass is 264 g/mol. The molecule has 4 heteroatoms. The Morgan fingerprint density at radius 3 is 2.83 bits per heavy atom. The minimum absolute atomic E-state index is 0.0428. The van der Waals surface area contributed by atoms with Gasteiger partial charge >= 0.3 is 0 Å². The van der Waals surface area contributed by atoms with E-state index in [0.29, 0.717) is 29.8 Å². The van der Waals surface area contributed by atoms with Crippen molar-refractivity contribution >= 4 is 17.2 Å². The summed E-state index contributed by atoms with van der Waals surface area (Å²) < 4.78 is 0. The first-order valence-corrected chi connectivity index (χ1v) is 6.98. The average Bonchev–Trinajstić information content (AvgIpc) is 2.81. The van der Waals surface area contributed by atoms with Gasteiger partial charge in [-0.3, -0.25) is 4.79 Å². The highest BCUT2D eigenvalue weighted by molar-refractivity contribution is 7.12. The lowest BCUT2D eigenvalue weighted by molar-refractivity contribution is 0.0949. The maximum Gasteiger partial charge on any atom is 0.262 e. The van der Waals surface area contributed by atoms with Crippen LogP contribution in [-0.4, -0.2) is 19.0 Å². The molecule has 3 N–H and O–H groups in total. The number of hydrogen-bond donors (Lipinski definition) is 2. The summed E-state index contributed by atoms with van der Waals surface area (Å²) in [6, 6.07) is 1.86. The molecule has 1 heterocycles. The Kier molecular flexibility index (Phi) is 5.90. The van der Waals surface area contributed by atoms with Crippen LogP contribution in [0.3, 0.4) is 0 Å². The molecule has 1 rings (SSSR count). The van der Waals surface area contributed by atoms with Gasteiger partial charge in [0.2, 0.25) is 0 Å². The van der Waals surface area contributed by atoms with E-state index in [-0.39, 0.29) is 5.91 Å². The Labute approximate surface area is 113 Å². The number of carbonyl (C=O) groups excluding carboxylic acids is 1. The van der Waals surface area contributed by atoms with Crippen LogP contribution in [0, 0.1) is 23.7 Å². The first-order valence-electron chi connectivity index (χ1n) is 6.10. The van der Waals surface area contributed by atoms with Crippen molar-refractivity contribution in [3.8, 4) is 11.8 Å². The lowest BCUT2D eigenvalue weighted by Crippen LogP contribution is -2.30. The van der Waals surface area contributed by atoms with Crippen molar-refractivity contribution in [2.45, 2.75) is 20.8 Å². The first-order chi connectivity index (χ1) is 8.56. The quantitative estimate of drug-likeness (QED) is 0.818. The molecule has 0 aliphatic rings. The van der Waals surface area contributed by atoms with Crippen molar-refractivity contribution in [3.63, 3.8) is 0 Å². The number of rotatable bonds is 4. The van der Waals surface area contributed by atoms with E-state index in [2.05, 4.69) is 37.9 Å². The third-order valence-electron chi connectivity index (χ3n) is 2.92. The second kappa shape index (κ2) is 7.20. The van der Waals surface area contributed by atoms with E-state index in [0.717, 1.165) is 5.56 Å². The van der Waals surface area contributed by atoms with Crippen LogP contribution >= 0.6 is 11.3 Å². The smallest absolute Gasteiger partial charge is 0.262 e. The van der Waals surface area contributed by atoms with Gasteiger partial charge in [0.05, 0.1) is 6.54 Å². The van der Waals surface area contributed by atoms with Gasteiger partial charge in [-0.25, -0.2) is 0 Å². The minimum atomic E-state index is -0.0428. The predicted molar refractivity (Wildman–Crippen MR) is 76.6 cm³/mol. The summed E-state index contributed by atoms with van der Waals surface area (Å²) in [6.07, 6.45) is 0. The zero-order valence-corrected chi connectivity index (χ0v) is 11.9. The highest BCUT2D eigenvalue weighted by Gasteiger charge is 2.14. The van der Waals surface area contributed by atoms with Crippen LogP contribution in [0.4, 0.5) is 0 Å². The molecule has 1 atom stereocenters. The van der Waals surface area contributed by atoms with Gasteiger partial charge in [0, 0.05) is 12.1 Å². The zero-order chi connectivity index (χ0) is 13.5. The summed E-state index contributed by atoms with van der Waals surface area (Å²) in [4.78, 5) is 12.7. The summed E-state index contributed by atoms with van der Waals surface area (Å²) in [5.41, 5.74) is 6.10. The SMILES string of the molecule is CC(C)C(C)CNC(=O)c1sccc1C#CCN. The topological polar surface area (TPSA) is 55.1 Å². The predicted octanol–water partition coefficient (Wildman–Crippen LogP) is 2.08. The van der Waals surface area contributed by atoms with Crippen LogP contribution in [0.15, 0.2) is 11.4 Å². The van der Waals surface area contributed by atoms with Gasteiger partial charge < -0.3 is 11.1 Å². The van der Waals surface area contributed by atoms with Crippen LogP contribution < -0.4 is 11.1 Å². The molecule has 0 spiro atoms. The van der Waals surface area contributed by atoms with Crippen LogP contribution in [0.2, 0.25) is 0 Å². The molecule has 0 aliphatic heterocycles. The van der Waals surface area contributed by atoms with Crippen molar-refractivity contribution in [2.75, 3.05) is 13.1 Å². The second-order valence-electron chi connectivity index (χ2n) is 4.60. The number of amides is 1. The Morgan fingerprint density at radius 2 is 2.22 bits per heavy atom. The van der Waals surface area contributed by atoms with Crippen molar-refractivity contribution < 1.29 is 4.79 Å². The van der Waals surface area contributed by atoms with E-state index in [1.165, 1.54) is 11.3 Å². The molecule has 0 saturated carbocycles. The fraction of sp³-hybridized carbons (Fsp3) is 0.500. The normalized spacial score (nSPS) is 11.8. The molecule has 18 heavy (non-hydrogen) atoms. The third-order valence-corrected chi connectivity index (χ3v) is 3.83. The lowest BCUT2D eigenvalue weighted by atomic mass is 9.98. The molecule has 98 valence electrons. The van der Waals surface area contributed by atoms with Crippen molar-refractivity contribution in [3.05, 3.63) is 21.9 Å². The van der Waals surface area contributed by atoms with E-state index in [9.17, 15) is 4.79 Å². The van der Waals surface area contributed by atoms with Crippen molar-refractivity contribution in [1.29, 1.82) is 0 Å². The van der Waals surface area contributed by atoms with E-state index in [4.69, 9.17) is 5.73 Å². The van der Waals surface area contributed by atoms with Gasteiger partial charge in [0.1, 0.15) is 4.88 Å². The second-order valence-corrected chi connectivity index (χ2v) is 5.52. The van der Waals surface area contributed by atoms with Gasteiger partial charge in [-0.2, -0.15) is 0 Å². The van der Waals surface area contributed by atoms with Crippen LogP contribution in [0.1, 0.15) is 36.0 Å². The number of thiophene rings is 1. The average molecular weight is 264 g/mol. The maximum absolute atomic E-state index is 12.0. The van der Waals surface area contributed by atoms with Gasteiger partial charge in [-0.05, 0) is 23.3 Å². The molecule has 3 nitrogen and oxygen atoms in total. The summed E-state index contributed by atoms with van der Waals surface area (Å²) >= 11 is 1.41. The van der Waals surface area contributed by atoms with E-state index >= 15 is 0 Å². The van der Waals surface area contributed by atoms with Crippen LogP contribution in [-0.2, 0) is 0 Å². The lowest BCUT2D eigenvalue weighted by Gasteiger charge is -2.15. The van der Waals surface area contributed by atoms with Gasteiger partial charge in [-0.15, -0.1) is 11.3 Å². The van der Waals surface area contributed by atoms with Crippen molar-refractivity contribution in [2.24, 2.45) is 17.6 Å². The minimum Gasteiger partial charge on any atom is -0.351 e. The highest BCUT2D eigenvalue weighted by atomic mass is 32.1. The summed E-state index contributed by atoms with van der Waals surface area (Å²) in [7, 11) is 0. The Bertz CT molecular complexity index is 454. The van der Waals surface area contributed by atoms with E-state index in [1.54, 1.807) is 0 Å². The van der Waals surface area contributed by atoms with E-state index < -0.39 is 0 Å². The number of nitrogens with one attached hydrogen (secondary N) is 1. The molecule has 1 aromatic heterocycles. The fourth-order valence-corrected chi connectivity index (χ4v) is 2.06. The first kappa shape index (κ1) is 14.7. The highest BCUT2D eigenvalue weighted by Crippen LogP contribution is 2.16. The molecular weight excluding hydrogens is 244 g/mol. The maximum atomic E-state index is 12.0. The standard InChI is InChI=1S/C14H20N2OS/c1-10(2)11(3)9-16-14(17)13-12(5-4-7-15)6-8-18-13/h6,8,10-11H,7,9,15H2,1-3H3,(H,16,17). The molecule has 0 bridgehead atoms. The molecule has 0 aromatic carbocycles. The molecule has 0 aliphatic carbocycles. The largest absolute Gasteiger partial charge is 0.351 e. The molecule has 0 radical (unpaired) electrons. The molecule has 0 saturated heterocycles. The zero-order valence-electron chi connectivity index (χ0n) is 11.1. The molecule has 0 fully saturated rings. The third kappa shape index (κ3) is 4.17. The van der Waals surface area contributed by atoms with Gasteiger partial charge in [0.15, 0.2) is 0 Å². The Morgan fingerprint density at radius 1 is 1.50 bits per heavy atom. The fourth-order valence-electron chi connectivity index (χ4n) is 1.30. The molecule has 1 unspecified atom stereocenters. The number of carbonyl (C=O) groups is 1. The van der Waals surface area contributed by atoms with Crippen molar-refractivity contribution in [1.82, 2.24) is 5.32 Å². The summed E-state index contributed by atoms with van der Waals surface area (Å²) in [5.74, 6) is 6.68. The van der Waals surface area contributed by atoms with Gasteiger partial charge in [0.25, 0.3) is 5.91 Å². The summed E-state index contributed by atoms with van der Waals surface area (Å²) in [6.45, 7) is 7.44. The summed E-state index contributed by atoms with van der Waals surface area (Å²) in [5, 5.41) is 4.83.